The van der Waals surface area contributed by atoms with E-state index in [9.17, 15) is 14.2 Å². The van der Waals surface area contributed by atoms with Gasteiger partial charge in [0.05, 0.1) is 11.1 Å². The molecule has 0 atom stereocenters. The van der Waals surface area contributed by atoms with Crippen molar-refractivity contribution < 1.29 is 18.6 Å². The molecular weight excluding hydrogens is 289 g/mol. The summed E-state index contributed by atoms with van der Waals surface area (Å²) in [6.07, 6.45) is -0.867. The second kappa shape index (κ2) is 5.76. The molecule has 0 bridgehead atoms. The molecular formula is C9H10N5O5P. The van der Waals surface area contributed by atoms with Gasteiger partial charge in [0.1, 0.15) is 5.52 Å². The summed E-state index contributed by atoms with van der Waals surface area (Å²) in [4.78, 5) is 23.1. The lowest BCUT2D eigenvalue weighted by atomic mass is 10.3. The molecule has 0 aliphatic rings. The van der Waals surface area contributed by atoms with Crippen LogP contribution in [-0.4, -0.2) is 32.9 Å². The van der Waals surface area contributed by atoms with Crippen molar-refractivity contribution in [2.24, 2.45) is 7.05 Å². The van der Waals surface area contributed by atoms with Crippen LogP contribution in [0.25, 0.3) is 10.9 Å². The SMILES string of the molecule is Cc1nn(C)c2c(NC(=O)OCOP=O)n[nH]c(=O)c12. The van der Waals surface area contributed by atoms with E-state index in [-0.39, 0.29) is 5.82 Å². The molecule has 0 saturated heterocycles. The Kier molecular flexibility index (Phi) is 4.06. The highest BCUT2D eigenvalue weighted by Gasteiger charge is 2.16. The lowest BCUT2D eigenvalue weighted by molar-refractivity contribution is 0.0773. The molecule has 0 aliphatic carbocycles. The Morgan fingerprint density at radius 2 is 2.30 bits per heavy atom. The van der Waals surface area contributed by atoms with Gasteiger partial charge in [0.2, 0.25) is 6.79 Å². The molecule has 0 aromatic carbocycles. The van der Waals surface area contributed by atoms with Gasteiger partial charge in [0.15, 0.2) is 5.82 Å². The van der Waals surface area contributed by atoms with Crippen LogP contribution in [0.1, 0.15) is 5.69 Å². The largest absolute Gasteiger partial charge is 0.421 e. The average Bonchev–Trinajstić information content (AvgIpc) is 2.70. The van der Waals surface area contributed by atoms with E-state index >= 15 is 0 Å². The molecule has 2 rings (SSSR count). The number of amides is 1. The Hall–Kier alpha value is -2.32. The number of nitrogens with zero attached hydrogens (tertiary/aromatic N) is 3. The molecule has 0 fully saturated rings. The predicted molar refractivity (Wildman–Crippen MR) is 67.5 cm³/mol. The van der Waals surface area contributed by atoms with Crippen LogP contribution in [0.3, 0.4) is 0 Å². The van der Waals surface area contributed by atoms with Crippen molar-refractivity contribution in [1.82, 2.24) is 20.0 Å². The van der Waals surface area contributed by atoms with Crippen molar-refractivity contribution in [3.8, 4) is 0 Å². The summed E-state index contributed by atoms with van der Waals surface area (Å²) < 4.78 is 20.3. The van der Waals surface area contributed by atoms with E-state index in [0.717, 1.165) is 0 Å². The molecule has 0 radical (unpaired) electrons. The Balaban J connectivity index is 2.31. The Labute approximate surface area is 113 Å². The normalized spacial score (nSPS) is 10.9. The maximum Gasteiger partial charge on any atom is 0.415 e. The van der Waals surface area contributed by atoms with Gasteiger partial charge in [-0.25, -0.2) is 14.5 Å². The minimum atomic E-state index is -0.867. The Bertz CT molecular complexity index is 723. The average molecular weight is 299 g/mol. The number of hydrogen-bond donors (Lipinski definition) is 2. The van der Waals surface area contributed by atoms with Crippen molar-refractivity contribution in [2.75, 3.05) is 12.1 Å². The summed E-state index contributed by atoms with van der Waals surface area (Å²) in [5.74, 6) is 0.0902. The van der Waals surface area contributed by atoms with Crippen LogP contribution in [0.4, 0.5) is 10.6 Å². The van der Waals surface area contributed by atoms with Crippen molar-refractivity contribution in [3.05, 3.63) is 16.0 Å². The lowest BCUT2D eigenvalue weighted by Gasteiger charge is -2.05. The second-order valence-electron chi connectivity index (χ2n) is 3.71. The number of nitrogens with one attached hydrogen (secondary N) is 2. The first-order valence-corrected chi connectivity index (χ1v) is 6.08. The maximum absolute atomic E-state index is 11.7. The number of carbonyl (C=O) groups excluding carboxylic acids is 1. The summed E-state index contributed by atoms with van der Waals surface area (Å²) in [5, 5.41) is 12.7. The van der Waals surface area contributed by atoms with Crippen LogP contribution < -0.4 is 10.9 Å². The van der Waals surface area contributed by atoms with E-state index in [2.05, 4.69) is 29.9 Å². The first-order valence-electron chi connectivity index (χ1n) is 5.35. The molecule has 2 heterocycles. The molecule has 0 unspecified atom stereocenters. The molecule has 11 heteroatoms. The summed E-state index contributed by atoms with van der Waals surface area (Å²) in [7, 11) is 1.02. The van der Waals surface area contributed by atoms with Gasteiger partial charge in [-0.1, -0.05) is 0 Å². The third kappa shape index (κ3) is 2.65. The summed E-state index contributed by atoms with van der Waals surface area (Å²) in [5.41, 5.74) is 0.472. The zero-order valence-corrected chi connectivity index (χ0v) is 11.4. The molecule has 0 saturated carbocycles. The highest BCUT2D eigenvalue weighted by Crippen LogP contribution is 2.19. The van der Waals surface area contributed by atoms with Gasteiger partial charge >= 0.3 is 14.8 Å². The topological polar surface area (TPSA) is 128 Å². The van der Waals surface area contributed by atoms with Gasteiger partial charge in [0, 0.05) is 7.05 Å². The van der Waals surface area contributed by atoms with E-state index in [1.165, 1.54) is 4.68 Å². The minimum absolute atomic E-state index is 0.0902. The van der Waals surface area contributed by atoms with Gasteiger partial charge in [-0.15, -0.1) is 0 Å². The number of ether oxygens (including phenoxy) is 1. The zero-order chi connectivity index (χ0) is 14.7. The van der Waals surface area contributed by atoms with E-state index < -0.39 is 27.1 Å². The molecule has 0 aliphatic heterocycles. The molecule has 10 nitrogen and oxygen atoms in total. The van der Waals surface area contributed by atoms with Crippen LogP contribution in [0.5, 0.6) is 0 Å². The third-order valence-corrected chi connectivity index (χ3v) is 2.67. The van der Waals surface area contributed by atoms with Crippen molar-refractivity contribution in [1.29, 1.82) is 0 Å². The van der Waals surface area contributed by atoms with Crippen LogP contribution in [0.15, 0.2) is 4.79 Å². The van der Waals surface area contributed by atoms with Crippen LogP contribution in [0, 0.1) is 6.92 Å². The van der Waals surface area contributed by atoms with Gasteiger partial charge in [-0.05, 0) is 6.92 Å². The quantitative estimate of drug-likeness (QED) is 0.483. The molecule has 2 aromatic heterocycles. The number of aryl methyl sites for hydroxylation is 2. The standard InChI is InChI=1S/C9H10N5O5P/c1-4-5-6(14(2)13-4)7(11-12-8(5)15)10-9(16)18-3-19-20-17/h3H2,1-2H3,(H,12,15)(H,10,11,16). The number of carbonyl (C=O) groups is 1. The predicted octanol–water partition coefficient (Wildman–Crippen LogP) is 0.694. The first-order chi connectivity index (χ1) is 9.54. The number of fused-ring (bicyclic) bond motifs is 1. The summed E-state index contributed by atoms with van der Waals surface area (Å²) in [6, 6.07) is 0. The monoisotopic (exact) mass is 299 g/mol. The van der Waals surface area contributed by atoms with Gasteiger partial charge in [-0.2, -0.15) is 10.2 Å². The van der Waals surface area contributed by atoms with Gasteiger partial charge in [0.25, 0.3) is 5.56 Å². The molecule has 20 heavy (non-hydrogen) atoms. The summed E-state index contributed by atoms with van der Waals surface area (Å²) >= 11 is 0. The number of hydrogen-bond acceptors (Lipinski definition) is 7. The fourth-order valence-corrected chi connectivity index (χ4v) is 1.83. The van der Waals surface area contributed by atoms with Crippen LogP contribution in [-0.2, 0) is 20.9 Å². The highest BCUT2D eigenvalue weighted by molar-refractivity contribution is 7.17. The molecule has 0 spiro atoms. The highest BCUT2D eigenvalue weighted by atomic mass is 31.1. The number of aromatic amines is 1. The fourth-order valence-electron chi connectivity index (χ4n) is 1.74. The maximum atomic E-state index is 11.7. The first kappa shape index (κ1) is 14.1. The Morgan fingerprint density at radius 1 is 1.55 bits per heavy atom. The van der Waals surface area contributed by atoms with Crippen LogP contribution in [0.2, 0.25) is 0 Å². The number of aromatic nitrogens is 4. The van der Waals surface area contributed by atoms with Crippen molar-refractivity contribution >= 4 is 31.5 Å². The minimum Gasteiger partial charge on any atom is -0.421 e. The second-order valence-corrected chi connectivity index (χ2v) is 4.12. The van der Waals surface area contributed by atoms with Crippen molar-refractivity contribution in [3.63, 3.8) is 0 Å². The van der Waals surface area contributed by atoms with Gasteiger partial charge in [-0.3, -0.25) is 19.3 Å². The van der Waals surface area contributed by atoms with Crippen LogP contribution >= 0.6 is 8.69 Å². The fraction of sp³-hybridized carbons (Fsp3) is 0.333. The number of H-pyrrole nitrogens is 1. The smallest absolute Gasteiger partial charge is 0.415 e. The number of rotatable bonds is 4. The van der Waals surface area contributed by atoms with Crippen molar-refractivity contribution in [2.45, 2.75) is 6.92 Å². The van der Waals surface area contributed by atoms with E-state index in [1.807, 2.05) is 0 Å². The van der Waals surface area contributed by atoms with Gasteiger partial charge < -0.3 is 4.74 Å². The van der Waals surface area contributed by atoms with E-state index in [1.54, 1.807) is 14.0 Å². The molecule has 2 N–H and O–H groups in total. The summed E-state index contributed by atoms with van der Waals surface area (Å²) in [6.45, 7) is 1.19. The number of anilines is 1. The van der Waals surface area contributed by atoms with E-state index in [0.29, 0.717) is 16.6 Å². The molecule has 106 valence electrons. The molecule has 1 amide bonds. The Morgan fingerprint density at radius 3 is 3.00 bits per heavy atom. The molecule has 2 aromatic rings. The third-order valence-electron chi connectivity index (χ3n) is 2.46. The van der Waals surface area contributed by atoms with E-state index in [4.69, 9.17) is 0 Å². The zero-order valence-electron chi connectivity index (χ0n) is 10.5. The lowest BCUT2D eigenvalue weighted by Crippen LogP contribution is -2.19.